The van der Waals surface area contributed by atoms with Crippen LogP contribution in [0.5, 0.6) is 5.75 Å². The number of thiazole rings is 1. The van der Waals surface area contributed by atoms with Crippen LogP contribution in [0, 0.1) is 25.5 Å². The standard InChI is InChI=1S/C14H16F2N2OS/c1-8-9(2)20-13(18-8)7-19-14-11(15)5-10(3-4-17)6-12(14)16/h5-6H,3-4,7,17H2,1-2H3. The largest absolute Gasteiger partial charge is 0.480 e. The topological polar surface area (TPSA) is 48.1 Å². The normalized spacial score (nSPS) is 10.8. The van der Waals surface area contributed by atoms with Gasteiger partial charge in [-0.25, -0.2) is 13.8 Å². The first kappa shape index (κ1) is 14.9. The summed E-state index contributed by atoms with van der Waals surface area (Å²) >= 11 is 1.46. The summed E-state index contributed by atoms with van der Waals surface area (Å²) in [5.41, 5.74) is 6.80. The first-order chi connectivity index (χ1) is 9.51. The van der Waals surface area contributed by atoms with Gasteiger partial charge in [-0.05, 0) is 44.5 Å². The van der Waals surface area contributed by atoms with Gasteiger partial charge in [-0.1, -0.05) is 0 Å². The lowest BCUT2D eigenvalue weighted by Crippen LogP contribution is -2.05. The molecular weight excluding hydrogens is 282 g/mol. The fraction of sp³-hybridized carbons (Fsp3) is 0.357. The van der Waals surface area contributed by atoms with Gasteiger partial charge in [0.15, 0.2) is 17.4 Å². The van der Waals surface area contributed by atoms with Crippen LogP contribution in [0.25, 0.3) is 0 Å². The minimum atomic E-state index is -0.710. The van der Waals surface area contributed by atoms with Gasteiger partial charge in [0.1, 0.15) is 11.6 Å². The monoisotopic (exact) mass is 298 g/mol. The van der Waals surface area contributed by atoms with E-state index in [1.165, 1.54) is 23.5 Å². The lowest BCUT2D eigenvalue weighted by molar-refractivity contribution is 0.273. The summed E-state index contributed by atoms with van der Waals surface area (Å²) in [7, 11) is 0. The Hall–Kier alpha value is -1.53. The van der Waals surface area contributed by atoms with E-state index < -0.39 is 11.6 Å². The molecule has 6 heteroatoms. The van der Waals surface area contributed by atoms with Crippen LogP contribution in [0.1, 0.15) is 21.1 Å². The van der Waals surface area contributed by atoms with Gasteiger partial charge in [0, 0.05) is 4.88 Å². The van der Waals surface area contributed by atoms with E-state index in [4.69, 9.17) is 10.5 Å². The van der Waals surface area contributed by atoms with Crippen molar-refractivity contribution in [3.8, 4) is 5.75 Å². The van der Waals surface area contributed by atoms with Crippen molar-refractivity contribution in [2.45, 2.75) is 26.9 Å². The first-order valence-electron chi connectivity index (χ1n) is 6.25. The summed E-state index contributed by atoms with van der Waals surface area (Å²) in [4.78, 5) is 5.34. The van der Waals surface area contributed by atoms with E-state index in [1.54, 1.807) is 0 Å². The smallest absolute Gasteiger partial charge is 0.191 e. The van der Waals surface area contributed by atoms with Crippen LogP contribution in [0.2, 0.25) is 0 Å². The van der Waals surface area contributed by atoms with Gasteiger partial charge in [0.25, 0.3) is 0 Å². The molecule has 0 saturated heterocycles. The minimum absolute atomic E-state index is 0.0590. The molecule has 0 radical (unpaired) electrons. The molecule has 0 unspecified atom stereocenters. The Labute approximate surface area is 120 Å². The third-order valence-corrected chi connectivity index (χ3v) is 3.95. The number of aryl methyl sites for hydroxylation is 2. The zero-order valence-electron chi connectivity index (χ0n) is 11.4. The molecule has 0 aliphatic heterocycles. The zero-order chi connectivity index (χ0) is 14.7. The average Bonchev–Trinajstić information content (AvgIpc) is 2.68. The highest BCUT2D eigenvalue weighted by molar-refractivity contribution is 7.11. The Morgan fingerprint density at radius 1 is 1.25 bits per heavy atom. The summed E-state index contributed by atoms with van der Waals surface area (Å²) in [6.07, 6.45) is 0.430. The summed E-state index contributed by atoms with van der Waals surface area (Å²) in [5, 5.41) is 0.699. The number of rotatable bonds is 5. The molecule has 0 aliphatic rings. The molecule has 2 rings (SSSR count). The van der Waals surface area contributed by atoms with Crippen LogP contribution in [0.3, 0.4) is 0 Å². The fourth-order valence-electron chi connectivity index (χ4n) is 1.80. The van der Waals surface area contributed by atoms with Crippen molar-refractivity contribution in [2.75, 3.05) is 6.54 Å². The molecule has 0 saturated carbocycles. The van der Waals surface area contributed by atoms with Crippen molar-refractivity contribution < 1.29 is 13.5 Å². The van der Waals surface area contributed by atoms with Gasteiger partial charge >= 0.3 is 0 Å². The molecule has 1 aromatic carbocycles. The number of nitrogens with two attached hydrogens (primary N) is 1. The fourth-order valence-corrected chi connectivity index (χ4v) is 2.64. The van der Waals surface area contributed by atoms with Crippen molar-refractivity contribution in [3.63, 3.8) is 0 Å². The van der Waals surface area contributed by atoms with Crippen LogP contribution in [-0.2, 0) is 13.0 Å². The van der Waals surface area contributed by atoms with Crippen molar-refractivity contribution >= 4 is 11.3 Å². The molecule has 0 spiro atoms. The average molecular weight is 298 g/mol. The number of benzene rings is 1. The molecule has 20 heavy (non-hydrogen) atoms. The lowest BCUT2D eigenvalue weighted by Gasteiger charge is -2.08. The Morgan fingerprint density at radius 2 is 1.90 bits per heavy atom. The second kappa shape index (κ2) is 6.28. The van der Waals surface area contributed by atoms with Gasteiger partial charge in [-0.2, -0.15) is 0 Å². The van der Waals surface area contributed by atoms with Crippen LogP contribution in [-0.4, -0.2) is 11.5 Å². The molecule has 2 aromatic rings. The Kier molecular flexibility index (Phi) is 4.67. The molecule has 108 valence electrons. The SMILES string of the molecule is Cc1nc(COc2c(F)cc(CCN)cc2F)sc1C. The molecular formula is C14H16F2N2OS. The van der Waals surface area contributed by atoms with E-state index in [1.807, 2.05) is 13.8 Å². The predicted octanol–water partition coefficient (Wildman–Crippen LogP) is 3.12. The predicted molar refractivity (Wildman–Crippen MR) is 75.0 cm³/mol. The van der Waals surface area contributed by atoms with Crippen LogP contribution >= 0.6 is 11.3 Å². The zero-order valence-corrected chi connectivity index (χ0v) is 12.2. The summed E-state index contributed by atoms with van der Waals surface area (Å²) < 4.78 is 32.8. The summed E-state index contributed by atoms with van der Waals surface area (Å²) in [5.74, 6) is -1.78. The van der Waals surface area contributed by atoms with Gasteiger partial charge in [0.05, 0.1) is 5.69 Å². The van der Waals surface area contributed by atoms with Gasteiger partial charge in [-0.3, -0.25) is 0 Å². The highest BCUT2D eigenvalue weighted by Crippen LogP contribution is 2.25. The minimum Gasteiger partial charge on any atom is -0.480 e. The third kappa shape index (κ3) is 3.32. The molecule has 0 bridgehead atoms. The number of nitrogens with zero attached hydrogens (tertiary/aromatic N) is 1. The van der Waals surface area contributed by atoms with E-state index in [0.29, 0.717) is 23.5 Å². The Bertz CT molecular complexity index is 571. The maximum atomic E-state index is 13.8. The van der Waals surface area contributed by atoms with Crippen LogP contribution in [0.4, 0.5) is 8.78 Å². The molecule has 0 amide bonds. The Morgan fingerprint density at radius 3 is 2.40 bits per heavy atom. The summed E-state index contributed by atoms with van der Waals surface area (Å²) in [6.45, 7) is 4.23. The van der Waals surface area contributed by atoms with E-state index in [9.17, 15) is 8.78 Å². The van der Waals surface area contributed by atoms with Crippen molar-refractivity contribution in [1.82, 2.24) is 4.98 Å². The lowest BCUT2D eigenvalue weighted by atomic mass is 10.1. The van der Waals surface area contributed by atoms with Crippen molar-refractivity contribution in [3.05, 3.63) is 44.9 Å². The molecule has 0 atom stereocenters. The van der Waals surface area contributed by atoms with E-state index >= 15 is 0 Å². The molecule has 0 aliphatic carbocycles. The summed E-state index contributed by atoms with van der Waals surface area (Å²) in [6, 6.07) is 2.51. The van der Waals surface area contributed by atoms with E-state index in [-0.39, 0.29) is 12.4 Å². The number of hydrogen-bond donors (Lipinski definition) is 1. The van der Waals surface area contributed by atoms with Gasteiger partial charge < -0.3 is 10.5 Å². The number of halogens is 2. The van der Waals surface area contributed by atoms with Crippen LogP contribution in [0.15, 0.2) is 12.1 Å². The van der Waals surface area contributed by atoms with Crippen molar-refractivity contribution in [2.24, 2.45) is 5.73 Å². The number of ether oxygens (including phenoxy) is 1. The molecule has 1 aromatic heterocycles. The van der Waals surface area contributed by atoms with Gasteiger partial charge in [-0.15, -0.1) is 11.3 Å². The highest BCUT2D eigenvalue weighted by atomic mass is 32.1. The number of hydrogen-bond acceptors (Lipinski definition) is 4. The second-order valence-corrected chi connectivity index (χ2v) is 5.75. The Balaban J connectivity index is 2.13. The first-order valence-corrected chi connectivity index (χ1v) is 7.06. The van der Waals surface area contributed by atoms with Crippen molar-refractivity contribution in [1.29, 1.82) is 0 Å². The van der Waals surface area contributed by atoms with E-state index in [0.717, 1.165) is 10.6 Å². The van der Waals surface area contributed by atoms with E-state index in [2.05, 4.69) is 4.98 Å². The molecule has 3 nitrogen and oxygen atoms in total. The third-order valence-electron chi connectivity index (χ3n) is 2.90. The number of aromatic nitrogens is 1. The molecule has 2 N–H and O–H groups in total. The second-order valence-electron chi connectivity index (χ2n) is 4.47. The van der Waals surface area contributed by atoms with Gasteiger partial charge in [0.2, 0.25) is 0 Å². The van der Waals surface area contributed by atoms with Crippen LogP contribution < -0.4 is 10.5 Å². The highest BCUT2D eigenvalue weighted by Gasteiger charge is 2.14. The quantitative estimate of drug-likeness (QED) is 0.922. The molecule has 1 heterocycles. The maximum absolute atomic E-state index is 13.8. The molecule has 0 fully saturated rings. The maximum Gasteiger partial charge on any atom is 0.191 e.